The van der Waals surface area contributed by atoms with Gasteiger partial charge >= 0.3 is 5.97 Å². The maximum atomic E-state index is 12.9. The van der Waals surface area contributed by atoms with Crippen molar-refractivity contribution in [2.24, 2.45) is 0 Å². The van der Waals surface area contributed by atoms with Gasteiger partial charge < -0.3 is 24.6 Å². The molecule has 8 nitrogen and oxygen atoms in total. The van der Waals surface area contributed by atoms with Gasteiger partial charge in [0.15, 0.2) is 0 Å². The predicted molar refractivity (Wildman–Crippen MR) is 118 cm³/mol. The topological polar surface area (TPSA) is 88.2 Å². The predicted octanol–water partition coefficient (Wildman–Crippen LogP) is 3.06. The average molecular weight is 446 g/mol. The van der Waals surface area contributed by atoms with Crippen LogP contribution in [0.25, 0.3) is 0 Å². The molecule has 1 aliphatic heterocycles. The van der Waals surface area contributed by atoms with Gasteiger partial charge in [-0.2, -0.15) is 0 Å². The summed E-state index contributed by atoms with van der Waals surface area (Å²) in [5.41, 5.74) is 1.89. The number of nitrogens with one attached hydrogen (secondary N) is 1. The molecule has 164 valence electrons. The second kappa shape index (κ2) is 9.70. The van der Waals surface area contributed by atoms with E-state index in [0.717, 1.165) is 5.69 Å². The van der Waals surface area contributed by atoms with Crippen LogP contribution in [0.3, 0.4) is 0 Å². The third-order valence-electron chi connectivity index (χ3n) is 5.15. The summed E-state index contributed by atoms with van der Waals surface area (Å²) in [5.74, 6) is -0.383. The van der Waals surface area contributed by atoms with E-state index < -0.39 is 5.97 Å². The molecule has 0 radical (unpaired) electrons. The average Bonchev–Trinajstić information content (AvgIpc) is 2.78. The SMILES string of the molecule is COC(=O)c1ccc(N2CCN(C(C)=O)CC2)c(NC(=O)c2ccc(OC)c(Cl)c2)c1. The fourth-order valence-corrected chi connectivity index (χ4v) is 3.68. The number of carbonyl (C=O) groups is 3. The minimum atomic E-state index is -0.504. The molecular formula is C22H24ClN3O5. The largest absolute Gasteiger partial charge is 0.495 e. The molecule has 2 aromatic carbocycles. The van der Waals surface area contributed by atoms with Crippen molar-refractivity contribution in [1.29, 1.82) is 0 Å². The van der Waals surface area contributed by atoms with Crippen LogP contribution in [0.2, 0.25) is 5.02 Å². The van der Waals surface area contributed by atoms with Crippen LogP contribution in [0.1, 0.15) is 27.6 Å². The van der Waals surface area contributed by atoms with Crippen LogP contribution in [0.5, 0.6) is 5.75 Å². The highest BCUT2D eigenvalue weighted by atomic mass is 35.5. The molecule has 0 spiro atoms. The minimum Gasteiger partial charge on any atom is -0.495 e. The third-order valence-corrected chi connectivity index (χ3v) is 5.44. The molecule has 1 fully saturated rings. The van der Waals surface area contributed by atoms with Crippen molar-refractivity contribution in [3.63, 3.8) is 0 Å². The Morgan fingerprint density at radius 2 is 1.65 bits per heavy atom. The molecule has 1 saturated heterocycles. The summed E-state index contributed by atoms with van der Waals surface area (Å²) >= 11 is 6.15. The minimum absolute atomic E-state index is 0.0330. The van der Waals surface area contributed by atoms with Crippen molar-refractivity contribution in [2.75, 3.05) is 50.6 Å². The van der Waals surface area contributed by atoms with E-state index in [4.69, 9.17) is 21.1 Å². The summed E-state index contributed by atoms with van der Waals surface area (Å²) < 4.78 is 9.93. The summed E-state index contributed by atoms with van der Waals surface area (Å²) in [6, 6.07) is 9.75. The lowest BCUT2D eigenvalue weighted by Crippen LogP contribution is -2.48. The van der Waals surface area contributed by atoms with E-state index in [1.165, 1.54) is 20.3 Å². The molecule has 2 amide bonds. The number of carbonyl (C=O) groups excluding carboxylic acids is 3. The van der Waals surface area contributed by atoms with Crippen molar-refractivity contribution < 1.29 is 23.9 Å². The number of esters is 1. The van der Waals surface area contributed by atoms with E-state index in [2.05, 4.69) is 10.2 Å². The summed E-state index contributed by atoms with van der Waals surface area (Å²) in [5, 5.41) is 3.19. The van der Waals surface area contributed by atoms with Crippen LogP contribution < -0.4 is 15.0 Å². The fraction of sp³-hybridized carbons (Fsp3) is 0.318. The summed E-state index contributed by atoms with van der Waals surface area (Å²) in [6.07, 6.45) is 0. The van der Waals surface area contributed by atoms with Crippen molar-refractivity contribution in [1.82, 2.24) is 4.90 Å². The van der Waals surface area contributed by atoms with Crippen molar-refractivity contribution in [2.45, 2.75) is 6.92 Å². The van der Waals surface area contributed by atoms with Crippen LogP contribution in [0.4, 0.5) is 11.4 Å². The molecule has 2 aromatic rings. The molecule has 9 heteroatoms. The molecule has 3 rings (SSSR count). The molecule has 1 heterocycles. The molecule has 31 heavy (non-hydrogen) atoms. The maximum Gasteiger partial charge on any atom is 0.337 e. The van der Waals surface area contributed by atoms with Gasteiger partial charge in [-0.05, 0) is 36.4 Å². The van der Waals surface area contributed by atoms with Gasteiger partial charge in [-0.25, -0.2) is 4.79 Å². The first-order chi connectivity index (χ1) is 14.8. The first-order valence-electron chi connectivity index (χ1n) is 9.71. The third kappa shape index (κ3) is 5.08. The van der Waals surface area contributed by atoms with Gasteiger partial charge in [0.2, 0.25) is 5.91 Å². The van der Waals surface area contributed by atoms with Crippen LogP contribution in [0.15, 0.2) is 36.4 Å². The highest BCUT2D eigenvalue weighted by Gasteiger charge is 2.23. The van der Waals surface area contributed by atoms with Crippen molar-refractivity contribution in [3.8, 4) is 5.75 Å². The van der Waals surface area contributed by atoms with E-state index in [9.17, 15) is 14.4 Å². The maximum absolute atomic E-state index is 12.9. The Hall–Kier alpha value is -3.26. The van der Waals surface area contributed by atoms with Crippen LogP contribution >= 0.6 is 11.6 Å². The quantitative estimate of drug-likeness (QED) is 0.711. The number of halogens is 1. The molecular weight excluding hydrogens is 422 g/mol. The van der Waals surface area contributed by atoms with Gasteiger partial charge in [0, 0.05) is 38.7 Å². The lowest BCUT2D eigenvalue weighted by Gasteiger charge is -2.36. The molecule has 0 saturated carbocycles. The summed E-state index contributed by atoms with van der Waals surface area (Å²) in [4.78, 5) is 40.4. The Morgan fingerprint density at radius 1 is 0.968 bits per heavy atom. The number of anilines is 2. The number of rotatable bonds is 5. The van der Waals surface area contributed by atoms with Gasteiger partial charge in [0.1, 0.15) is 5.75 Å². The number of amides is 2. The van der Waals surface area contributed by atoms with Gasteiger partial charge in [-0.3, -0.25) is 9.59 Å². The fourth-order valence-electron chi connectivity index (χ4n) is 3.42. The number of piperazine rings is 1. The van der Waals surface area contributed by atoms with Crippen molar-refractivity contribution in [3.05, 3.63) is 52.5 Å². The number of nitrogens with zero attached hydrogens (tertiary/aromatic N) is 2. The van der Waals surface area contributed by atoms with E-state index in [0.29, 0.717) is 53.8 Å². The highest BCUT2D eigenvalue weighted by Crippen LogP contribution is 2.30. The smallest absolute Gasteiger partial charge is 0.337 e. The molecule has 0 bridgehead atoms. The normalized spacial score (nSPS) is 13.5. The number of hydrogen-bond acceptors (Lipinski definition) is 6. The lowest BCUT2D eigenvalue weighted by molar-refractivity contribution is -0.129. The molecule has 1 aliphatic rings. The van der Waals surface area contributed by atoms with Crippen LogP contribution in [-0.2, 0) is 9.53 Å². The van der Waals surface area contributed by atoms with Gasteiger partial charge in [-0.1, -0.05) is 11.6 Å². The number of benzene rings is 2. The Bertz CT molecular complexity index is 1000. The van der Waals surface area contributed by atoms with E-state index >= 15 is 0 Å². The Labute approximate surface area is 185 Å². The molecule has 0 atom stereocenters. The molecule has 0 unspecified atom stereocenters. The number of ether oxygens (including phenoxy) is 2. The summed E-state index contributed by atoms with van der Waals surface area (Å²) in [7, 11) is 2.80. The highest BCUT2D eigenvalue weighted by molar-refractivity contribution is 6.32. The lowest BCUT2D eigenvalue weighted by atomic mass is 10.1. The van der Waals surface area contributed by atoms with Crippen LogP contribution in [-0.4, -0.2) is 63.1 Å². The molecule has 0 aliphatic carbocycles. The Balaban J connectivity index is 1.89. The number of hydrogen-bond donors (Lipinski definition) is 1. The van der Waals surface area contributed by atoms with E-state index in [1.54, 1.807) is 42.2 Å². The summed E-state index contributed by atoms with van der Waals surface area (Å²) in [6.45, 7) is 3.92. The first kappa shape index (κ1) is 22.4. The van der Waals surface area contributed by atoms with Crippen molar-refractivity contribution >= 4 is 40.8 Å². The van der Waals surface area contributed by atoms with E-state index in [1.807, 2.05) is 0 Å². The van der Waals surface area contributed by atoms with E-state index in [-0.39, 0.29) is 11.8 Å². The zero-order valence-corrected chi connectivity index (χ0v) is 18.4. The molecule has 1 N–H and O–H groups in total. The zero-order valence-electron chi connectivity index (χ0n) is 17.6. The van der Waals surface area contributed by atoms with Gasteiger partial charge in [-0.15, -0.1) is 0 Å². The monoisotopic (exact) mass is 445 g/mol. The molecule has 0 aromatic heterocycles. The first-order valence-corrected chi connectivity index (χ1v) is 10.1. The Morgan fingerprint density at radius 3 is 2.23 bits per heavy atom. The van der Waals surface area contributed by atoms with Gasteiger partial charge in [0.05, 0.1) is 36.2 Å². The van der Waals surface area contributed by atoms with Gasteiger partial charge in [0.25, 0.3) is 5.91 Å². The standard InChI is InChI=1S/C22H24ClN3O5/c1-14(27)25-8-10-26(11-9-25)19-6-4-16(22(29)31-3)13-18(19)24-21(28)15-5-7-20(30-2)17(23)12-15/h4-7,12-13H,8-11H2,1-3H3,(H,24,28). The van der Waals surface area contributed by atoms with Crippen LogP contribution in [0, 0.1) is 0 Å². The zero-order chi connectivity index (χ0) is 22.5. The number of methoxy groups -OCH3 is 2. The second-order valence-corrected chi connectivity index (χ2v) is 7.43. The second-order valence-electron chi connectivity index (χ2n) is 7.02. The Kier molecular flexibility index (Phi) is 7.02.